The van der Waals surface area contributed by atoms with Crippen LogP contribution in [-0.2, 0) is 9.59 Å². The third-order valence-electron chi connectivity index (χ3n) is 2.21. The quantitative estimate of drug-likeness (QED) is 0.507. The summed E-state index contributed by atoms with van der Waals surface area (Å²) in [5, 5.41) is 14.3. The zero-order chi connectivity index (χ0) is 12.4. The molecule has 0 aliphatic rings. The normalized spacial score (nSPS) is 12.1. The highest BCUT2D eigenvalue weighted by Crippen LogP contribution is 2.03. The molecule has 1 atom stereocenters. The van der Waals surface area contributed by atoms with E-state index in [1.54, 1.807) is 0 Å². The number of hydrogen-bond donors (Lipinski definition) is 3. The number of hydrogen-bond acceptors (Lipinski definition) is 3. The molecular weight excluding hydrogens is 208 g/mol. The summed E-state index contributed by atoms with van der Waals surface area (Å²) in [6, 6.07) is 0. The van der Waals surface area contributed by atoms with Crippen molar-refractivity contribution in [2.24, 2.45) is 5.92 Å². The van der Waals surface area contributed by atoms with Crippen LogP contribution in [0.15, 0.2) is 0 Å². The van der Waals surface area contributed by atoms with Crippen molar-refractivity contribution in [3.05, 3.63) is 0 Å². The molecule has 5 nitrogen and oxygen atoms in total. The molecule has 0 bridgehead atoms. The van der Waals surface area contributed by atoms with Crippen molar-refractivity contribution in [2.45, 2.75) is 33.1 Å². The topological polar surface area (TPSA) is 78.4 Å². The molecule has 0 aliphatic carbocycles. The van der Waals surface area contributed by atoms with E-state index in [0.29, 0.717) is 19.5 Å². The van der Waals surface area contributed by atoms with Crippen LogP contribution in [-0.4, -0.2) is 36.6 Å². The van der Waals surface area contributed by atoms with Gasteiger partial charge in [-0.05, 0) is 25.3 Å². The summed E-state index contributed by atoms with van der Waals surface area (Å²) in [5.74, 6) is -0.621. The van der Waals surface area contributed by atoms with Crippen LogP contribution < -0.4 is 10.6 Å². The number of rotatable bonds is 9. The Morgan fingerprint density at radius 1 is 1.38 bits per heavy atom. The van der Waals surface area contributed by atoms with Gasteiger partial charge in [0.05, 0.1) is 6.54 Å². The molecule has 0 spiro atoms. The van der Waals surface area contributed by atoms with E-state index < -0.39 is 5.97 Å². The van der Waals surface area contributed by atoms with Gasteiger partial charge in [-0.25, -0.2) is 0 Å². The lowest BCUT2D eigenvalue weighted by atomic mass is 10.1. The molecule has 0 saturated carbocycles. The molecular formula is C11H22N2O3. The molecule has 5 heteroatoms. The number of aliphatic carboxylic acids is 1. The standard InChI is InChI=1S/C11H22N2O3/c1-3-6-12-8-10(14)13-7-9(2)4-5-11(15)16/h9,12H,3-8H2,1-2H3,(H,13,14)(H,15,16). The summed E-state index contributed by atoms with van der Waals surface area (Å²) in [7, 11) is 0. The van der Waals surface area contributed by atoms with Gasteiger partial charge >= 0.3 is 5.97 Å². The summed E-state index contributed by atoms with van der Waals surface area (Å²) in [5.41, 5.74) is 0. The van der Waals surface area contributed by atoms with Gasteiger partial charge in [0.15, 0.2) is 0 Å². The highest BCUT2D eigenvalue weighted by molar-refractivity contribution is 5.77. The zero-order valence-electron chi connectivity index (χ0n) is 10.1. The van der Waals surface area contributed by atoms with Gasteiger partial charge in [-0.3, -0.25) is 9.59 Å². The van der Waals surface area contributed by atoms with Gasteiger partial charge in [0.25, 0.3) is 0 Å². The first-order valence-electron chi connectivity index (χ1n) is 5.75. The van der Waals surface area contributed by atoms with E-state index in [0.717, 1.165) is 13.0 Å². The fourth-order valence-electron chi connectivity index (χ4n) is 1.20. The highest BCUT2D eigenvalue weighted by Gasteiger charge is 2.07. The number of nitrogens with one attached hydrogen (secondary N) is 2. The lowest BCUT2D eigenvalue weighted by Crippen LogP contribution is -2.36. The first-order chi connectivity index (χ1) is 7.56. The van der Waals surface area contributed by atoms with E-state index in [-0.39, 0.29) is 18.2 Å². The van der Waals surface area contributed by atoms with Crippen molar-refractivity contribution in [1.29, 1.82) is 0 Å². The first kappa shape index (κ1) is 14.9. The van der Waals surface area contributed by atoms with Crippen molar-refractivity contribution in [3.8, 4) is 0 Å². The lowest BCUT2D eigenvalue weighted by Gasteiger charge is -2.11. The SMILES string of the molecule is CCCNCC(=O)NCC(C)CCC(=O)O. The van der Waals surface area contributed by atoms with E-state index in [1.165, 1.54) is 0 Å². The lowest BCUT2D eigenvalue weighted by molar-refractivity contribution is -0.137. The second-order valence-corrected chi connectivity index (χ2v) is 4.02. The monoisotopic (exact) mass is 230 g/mol. The van der Waals surface area contributed by atoms with Gasteiger partial charge in [0, 0.05) is 13.0 Å². The summed E-state index contributed by atoms with van der Waals surface area (Å²) in [6.45, 7) is 5.68. The predicted octanol–water partition coefficient (Wildman–Crippen LogP) is 0.603. The number of carbonyl (C=O) groups is 2. The van der Waals surface area contributed by atoms with Crippen LogP contribution in [0.5, 0.6) is 0 Å². The molecule has 0 aliphatic heterocycles. The van der Waals surface area contributed by atoms with Gasteiger partial charge in [-0.2, -0.15) is 0 Å². The van der Waals surface area contributed by atoms with Crippen LogP contribution >= 0.6 is 0 Å². The maximum atomic E-state index is 11.3. The van der Waals surface area contributed by atoms with Crippen LogP contribution in [0, 0.1) is 5.92 Å². The van der Waals surface area contributed by atoms with E-state index in [9.17, 15) is 9.59 Å². The smallest absolute Gasteiger partial charge is 0.303 e. The maximum absolute atomic E-state index is 11.3. The van der Waals surface area contributed by atoms with Crippen molar-refractivity contribution in [1.82, 2.24) is 10.6 Å². The second-order valence-electron chi connectivity index (χ2n) is 4.02. The Labute approximate surface area is 96.6 Å². The summed E-state index contributed by atoms with van der Waals surface area (Å²) >= 11 is 0. The average Bonchev–Trinajstić information content (AvgIpc) is 2.24. The molecule has 0 fully saturated rings. The summed E-state index contributed by atoms with van der Waals surface area (Å²) in [4.78, 5) is 21.6. The van der Waals surface area contributed by atoms with Crippen LogP contribution in [0.1, 0.15) is 33.1 Å². The van der Waals surface area contributed by atoms with Gasteiger partial charge < -0.3 is 15.7 Å². The van der Waals surface area contributed by atoms with E-state index >= 15 is 0 Å². The van der Waals surface area contributed by atoms with E-state index in [1.807, 2.05) is 13.8 Å². The number of carboxylic acid groups (broad SMARTS) is 1. The Hall–Kier alpha value is -1.10. The minimum absolute atomic E-state index is 0.0318. The largest absolute Gasteiger partial charge is 0.481 e. The number of amides is 1. The zero-order valence-corrected chi connectivity index (χ0v) is 10.1. The molecule has 16 heavy (non-hydrogen) atoms. The second kappa shape index (κ2) is 9.15. The van der Waals surface area contributed by atoms with Crippen LogP contribution in [0.2, 0.25) is 0 Å². The van der Waals surface area contributed by atoms with Gasteiger partial charge in [0.2, 0.25) is 5.91 Å². The van der Waals surface area contributed by atoms with Gasteiger partial charge in [-0.1, -0.05) is 13.8 Å². The molecule has 1 amide bonds. The van der Waals surface area contributed by atoms with E-state index in [4.69, 9.17) is 5.11 Å². The molecule has 0 aromatic heterocycles. The van der Waals surface area contributed by atoms with Crippen LogP contribution in [0.4, 0.5) is 0 Å². The molecule has 3 N–H and O–H groups in total. The molecule has 0 aromatic rings. The molecule has 0 heterocycles. The fraction of sp³-hybridized carbons (Fsp3) is 0.818. The Kier molecular flexibility index (Phi) is 8.52. The molecule has 0 saturated heterocycles. The van der Waals surface area contributed by atoms with Gasteiger partial charge in [-0.15, -0.1) is 0 Å². The molecule has 0 rings (SSSR count). The Bertz CT molecular complexity index is 219. The van der Waals surface area contributed by atoms with Crippen LogP contribution in [0.25, 0.3) is 0 Å². The van der Waals surface area contributed by atoms with Crippen molar-refractivity contribution in [2.75, 3.05) is 19.6 Å². The summed E-state index contributed by atoms with van der Waals surface area (Å²) in [6.07, 6.45) is 1.76. The molecule has 0 aromatic carbocycles. The van der Waals surface area contributed by atoms with Crippen molar-refractivity contribution >= 4 is 11.9 Å². The minimum Gasteiger partial charge on any atom is -0.481 e. The molecule has 94 valence electrons. The van der Waals surface area contributed by atoms with Crippen LogP contribution in [0.3, 0.4) is 0 Å². The van der Waals surface area contributed by atoms with Gasteiger partial charge in [0.1, 0.15) is 0 Å². The molecule has 1 unspecified atom stereocenters. The highest BCUT2D eigenvalue weighted by atomic mass is 16.4. The minimum atomic E-state index is -0.789. The predicted molar refractivity (Wildman–Crippen MR) is 62.2 cm³/mol. The van der Waals surface area contributed by atoms with Crippen molar-refractivity contribution in [3.63, 3.8) is 0 Å². The third kappa shape index (κ3) is 9.45. The maximum Gasteiger partial charge on any atom is 0.303 e. The van der Waals surface area contributed by atoms with Crippen molar-refractivity contribution < 1.29 is 14.7 Å². The summed E-state index contributed by atoms with van der Waals surface area (Å²) < 4.78 is 0. The number of carbonyl (C=O) groups excluding carboxylic acids is 1. The Balaban J connectivity index is 3.47. The number of carboxylic acids is 1. The molecule has 0 radical (unpaired) electrons. The first-order valence-corrected chi connectivity index (χ1v) is 5.75. The fourth-order valence-corrected chi connectivity index (χ4v) is 1.20. The Morgan fingerprint density at radius 3 is 2.62 bits per heavy atom. The third-order valence-corrected chi connectivity index (χ3v) is 2.21. The average molecular weight is 230 g/mol. The van der Waals surface area contributed by atoms with E-state index in [2.05, 4.69) is 10.6 Å². The Morgan fingerprint density at radius 2 is 2.06 bits per heavy atom.